The lowest BCUT2D eigenvalue weighted by atomic mass is 10.1. The first-order chi connectivity index (χ1) is 9.86. The lowest BCUT2D eigenvalue weighted by Crippen LogP contribution is -2.07. The second-order valence-corrected chi connectivity index (χ2v) is 5.08. The van der Waals surface area contributed by atoms with Crippen molar-refractivity contribution in [2.75, 3.05) is 0 Å². The van der Waals surface area contributed by atoms with Gasteiger partial charge >= 0.3 is 12.1 Å². The Hall–Kier alpha value is -1.89. The fraction of sp³-hybridized carbons (Fsp3) is 0.143. The van der Waals surface area contributed by atoms with Gasteiger partial charge in [-0.1, -0.05) is 12.1 Å². The zero-order valence-corrected chi connectivity index (χ0v) is 12.1. The van der Waals surface area contributed by atoms with Crippen molar-refractivity contribution in [3.63, 3.8) is 0 Å². The first kappa shape index (κ1) is 15.5. The van der Waals surface area contributed by atoms with Gasteiger partial charge in [-0.3, -0.25) is 4.98 Å². The average Bonchev–Trinajstić information content (AvgIpc) is 2.44. The van der Waals surface area contributed by atoms with Crippen LogP contribution in [0.25, 0.3) is 0 Å². The van der Waals surface area contributed by atoms with Gasteiger partial charge in [-0.25, -0.2) is 4.79 Å². The maximum Gasteiger partial charge on any atom is 0.416 e. The summed E-state index contributed by atoms with van der Waals surface area (Å²) in [6.45, 7) is -0.108. The number of hydrogen-bond acceptors (Lipinski definition) is 3. The summed E-state index contributed by atoms with van der Waals surface area (Å²) >= 11 is 3.18. The van der Waals surface area contributed by atoms with Crippen LogP contribution in [0.4, 0.5) is 13.2 Å². The van der Waals surface area contributed by atoms with Crippen molar-refractivity contribution in [3.05, 3.63) is 63.9 Å². The molecule has 0 aliphatic heterocycles. The van der Waals surface area contributed by atoms with E-state index in [-0.39, 0.29) is 12.2 Å². The van der Waals surface area contributed by atoms with E-state index in [1.807, 2.05) is 0 Å². The van der Waals surface area contributed by atoms with E-state index in [1.165, 1.54) is 24.5 Å². The van der Waals surface area contributed by atoms with Crippen LogP contribution in [0.3, 0.4) is 0 Å². The van der Waals surface area contributed by atoms with Crippen molar-refractivity contribution in [2.45, 2.75) is 12.8 Å². The normalized spacial score (nSPS) is 11.2. The minimum absolute atomic E-state index is 0.108. The standard InChI is InChI=1S/C14H9BrF3NO2/c15-12-5-10(6-19-7-12)13(20)21-8-9-1-3-11(4-2-9)14(16,17)18/h1-7H,8H2. The molecule has 0 amide bonds. The molecule has 0 saturated carbocycles. The molecule has 3 nitrogen and oxygen atoms in total. The summed E-state index contributed by atoms with van der Waals surface area (Å²) in [4.78, 5) is 15.6. The third-order valence-corrected chi connectivity index (χ3v) is 3.03. The topological polar surface area (TPSA) is 39.2 Å². The van der Waals surface area contributed by atoms with Crippen LogP contribution >= 0.6 is 15.9 Å². The molecule has 21 heavy (non-hydrogen) atoms. The van der Waals surface area contributed by atoms with Crippen LogP contribution in [0.5, 0.6) is 0 Å². The number of rotatable bonds is 3. The molecule has 0 radical (unpaired) electrons. The highest BCUT2D eigenvalue weighted by atomic mass is 79.9. The number of alkyl halides is 3. The summed E-state index contributed by atoms with van der Waals surface area (Å²) in [6, 6.07) is 5.99. The summed E-state index contributed by atoms with van der Waals surface area (Å²) in [7, 11) is 0. The molecule has 1 aromatic heterocycles. The van der Waals surface area contributed by atoms with Gasteiger partial charge in [-0.15, -0.1) is 0 Å². The molecule has 110 valence electrons. The summed E-state index contributed by atoms with van der Waals surface area (Å²) in [5, 5.41) is 0. The summed E-state index contributed by atoms with van der Waals surface area (Å²) < 4.78 is 42.8. The Morgan fingerprint density at radius 2 is 1.86 bits per heavy atom. The lowest BCUT2D eigenvalue weighted by Gasteiger charge is -2.08. The third kappa shape index (κ3) is 4.29. The molecule has 1 heterocycles. The summed E-state index contributed by atoms with van der Waals surface area (Å²) in [5.41, 5.74) is -0.00985. The van der Waals surface area contributed by atoms with Crippen molar-refractivity contribution >= 4 is 21.9 Å². The van der Waals surface area contributed by atoms with Gasteiger partial charge in [0.15, 0.2) is 0 Å². The van der Waals surface area contributed by atoms with Crippen molar-refractivity contribution in [2.24, 2.45) is 0 Å². The van der Waals surface area contributed by atoms with E-state index in [9.17, 15) is 18.0 Å². The molecule has 0 aliphatic carbocycles. The first-order valence-electron chi connectivity index (χ1n) is 5.80. The molecule has 0 bridgehead atoms. The van der Waals surface area contributed by atoms with E-state index in [2.05, 4.69) is 20.9 Å². The highest BCUT2D eigenvalue weighted by molar-refractivity contribution is 9.10. The largest absolute Gasteiger partial charge is 0.457 e. The number of carbonyl (C=O) groups excluding carboxylic acids is 1. The van der Waals surface area contributed by atoms with Gasteiger partial charge < -0.3 is 4.74 Å². The zero-order valence-electron chi connectivity index (χ0n) is 10.5. The van der Waals surface area contributed by atoms with Gasteiger partial charge in [-0.2, -0.15) is 13.2 Å². The van der Waals surface area contributed by atoms with Crippen LogP contribution in [-0.4, -0.2) is 11.0 Å². The number of pyridine rings is 1. The maximum absolute atomic E-state index is 12.4. The minimum Gasteiger partial charge on any atom is -0.457 e. The highest BCUT2D eigenvalue weighted by Gasteiger charge is 2.29. The van der Waals surface area contributed by atoms with Crippen LogP contribution in [-0.2, 0) is 17.5 Å². The quantitative estimate of drug-likeness (QED) is 0.770. The molecular formula is C14H9BrF3NO2. The van der Waals surface area contributed by atoms with Crippen LogP contribution in [0.2, 0.25) is 0 Å². The number of halogens is 4. The zero-order chi connectivity index (χ0) is 15.5. The molecule has 2 rings (SSSR count). The number of benzene rings is 1. The number of carbonyl (C=O) groups is 1. The smallest absolute Gasteiger partial charge is 0.416 e. The molecule has 0 saturated heterocycles. The molecular weight excluding hydrogens is 351 g/mol. The third-order valence-electron chi connectivity index (χ3n) is 2.59. The number of hydrogen-bond donors (Lipinski definition) is 0. The Balaban J connectivity index is 1.98. The predicted molar refractivity (Wildman–Crippen MR) is 72.5 cm³/mol. The fourth-order valence-electron chi connectivity index (χ4n) is 1.55. The molecule has 1 aromatic carbocycles. The Labute approximate surface area is 126 Å². The van der Waals surface area contributed by atoms with Crippen molar-refractivity contribution in [1.82, 2.24) is 4.98 Å². The lowest BCUT2D eigenvalue weighted by molar-refractivity contribution is -0.137. The SMILES string of the molecule is O=C(OCc1ccc(C(F)(F)F)cc1)c1cncc(Br)c1. The molecule has 0 atom stereocenters. The number of aromatic nitrogens is 1. The molecule has 0 fully saturated rings. The van der Waals surface area contributed by atoms with Crippen molar-refractivity contribution in [1.29, 1.82) is 0 Å². The van der Waals surface area contributed by atoms with E-state index in [0.29, 0.717) is 10.0 Å². The monoisotopic (exact) mass is 359 g/mol. The van der Waals surface area contributed by atoms with Crippen molar-refractivity contribution in [3.8, 4) is 0 Å². The van der Waals surface area contributed by atoms with E-state index in [1.54, 1.807) is 6.07 Å². The summed E-state index contributed by atoms with van der Waals surface area (Å²) in [6.07, 6.45) is -1.51. The van der Waals surface area contributed by atoms with E-state index < -0.39 is 17.7 Å². The number of esters is 1. The number of nitrogens with zero attached hydrogens (tertiary/aromatic N) is 1. The van der Waals surface area contributed by atoms with E-state index >= 15 is 0 Å². The fourth-order valence-corrected chi connectivity index (χ4v) is 1.91. The average molecular weight is 360 g/mol. The van der Waals surface area contributed by atoms with Gasteiger partial charge in [-0.05, 0) is 39.7 Å². The maximum atomic E-state index is 12.4. The van der Waals surface area contributed by atoms with Gasteiger partial charge in [0.25, 0.3) is 0 Å². The van der Waals surface area contributed by atoms with Crippen molar-refractivity contribution < 1.29 is 22.7 Å². The Morgan fingerprint density at radius 1 is 1.19 bits per heavy atom. The molecule has 0 N–H and O–H groups in total. The van der Waals surface area contributed by atoms with E-state index in [4.69, 9.17) is 4.74 Å². The van der Waals surface area contributed by atoms with Crippen LogP contribution in [0.15, 0.2) is 47.2 Å². The van der Waals surface area contributed by atoms with Gasteiger partial charge in [0.1, 0.15) is 6.61 Å². The Morgan fingerprint density at radius 3 is 2.43 bits per heavy atom. The molecule has 0 unspecified atom stereocenters. The predicted octanol–water partition coefficient (Wildman–Crippen LogP) is 4.22. The second-order valence-electron chi connectivity index (χ2n) is 4.16. The Kier molecular flexibility index (Phi) is 4.62. The van der Waals surface area contributed by atoms with Crippen LogP contribution in [0.1, 0.15) is 21.5 Å². The molecule has 2 aromatic rings. The molecule has 0 spiro atoms. The first-order valence-corrected chi connectivity index (χ1v) is 6.59. The number of ether oxygens (including phenoxy) is 1. The highest BCUT2D eigenvalue weighted by Crippen LogP contribution is 2.29. The second kappa shape index (κ2) is 6.26. The van der Waals surface area contributed by atoms with Gasteiger partial charge in [0.2, 0.25) is 0 Å². The van der Waals surface area contributed by atoms with Gasteiger partial charge in [0.05, 0.1) is 11.1 Å². The molecule has 0 aliphatic rings. The summed E-state index contributed by atoms with van der Waals surface area (Å²) in [5.74, 6) is -0.594. The van der Waals surface area contributed by atoms with Gasteiger partial charge in [0, 0.05) is 16.9 Å². The molecule has 7 heteroatoms. The Bertz CT molecular complexity index is 641. The van der Waals surface area contributed by atoms with Crippen LogP contribution < -0.4 is 0 Å². The minimum atomic E-state index is -4.38. The van der Waals surface area contributed by atoms with E-state index in [0.717, 1.165) is 12.1 Å². The van der Waals surface area contributed by atoms with Crippen LogP contribution in [0, 0.1) is 0 Å².